The molecule has 0 atom stereocenters. The lowest BCUT2D eigenvalue weighted by molar-refractivity contribution is -0.132. The number of morpholine rings is 1. The molecule has 2 N–H and O–H groups in total. The van der Waals surface area contributed by atoms with Crippen molar-refractivity contribution in [2.45, 2.75) is 6.54 Å². The van der Waals surface area contributed by atoms with Crippen LogP contribution in [0, 0.1) is 0 Å². The summed E-state index contributed by atoms with van der Waals surface area (Å²) in [6.45, 7) is 2.66. The Bertz CT molecular complexity index is 434. The van der Waals surface area contributed by atoms with E-state index in [-0.39, 0.29) is 24.1 Å². The normalized spacial score (nSPS) is 15.1. The largest absolute Gasteiger partial charge is 0.378 e. The standard InChI is InChI=1S/C10H16N6O3S/c17-9(11-5-8-12-14-15-13-8)6-20-7-10(18)16-1-3-19-4-2-16/h1-7H2,(H,11,17)(H,12,13,14,15). The topological polar surface area (TPSA) is 113 Å². The van der Waals surface area contributed by atoms with E-state index in [0.717, 1.165) is 0 Å². The number of carbonyl (C=O) groups excluding carboxylic acids is 2. The highest BCUT2D eigenvalue weighted by molar-refractivity contribution is 8.00. The van der Waals surface area contributed by atoms with Gasteiger partial charge in [-0.1, -0.05) is 5.21 Å². The minimum atomic E-state index is -0.158. The average Bonchev–Trinajstić information content (AvgIpc) is 2.99. The Kier molecular flexibility index (Phi) is 5.74. The molecule has 10 heteroatoms. The quantitative estimate of drug-likeness (QED) is 0.651. The molecule has 1 aromatic heterocycles. The van der Waals surface area contributed by atoms with Crippen molar-refractivity contribution < 1.29 is 14.3 Å². The van der Waals surface area contributed by atoms with Crippen LogP contribution in [0.1, 0.15) is 5.82 Å². The molecule has 0 aliphatic carbocycles. The van der Waals surface area contributed by atoms with Gasteiger partial charge in [0.15, 0.2) is 5.82 Å². The second-order valence-electron chi connectivity index (χ2n) is 4.09. The van der Waals surface area contributed by atoms with Crippen LogP contribution < -0.4 is 5.32 Å². The van der Waals surface area contributed by atoms with E-state index in [1.54, 1.807) is 4.90 Å². The van der Waals surface area contributed by atoms with Crippen LogP contribution in [0.3, 0.4) is 0 Å². The van der Waals surface area contributed by atoms with Crippen molar-refractivity contribution in [1.29, 1.82) is 0 Å². The molecule has 1 aliphatic heterocycles. The van der Waals surface area contributed by atoms with E-state index >= 15 is 0 Å². The Morgan fingerprint density at radius 3 is 2.85 bits per heavy atom. The summed E-state index contributed by atoms with van der Waals surface area (Å²) in [6, 6.07) is 0. The van der Waals surface area contributed by atoms with Crippen molar-refractivity contribution >= 4 is 23.6 Å². The third-order valence-corrected chi connectivity index (χ3v) is 3.57. The fourth-order valence-corrected chi connectivity index (χ4v) is 2.37. The van der Waals surface area contributed by atoms with Crippen LogP contribution in [-0.2, 0) is 20.9 Å². The van der Waals surface area contributed by atoms with E-state index in [1.807, 2.05) is 0 Å². The van der Waals surface area contributed by atoms with Crippen LogP contribution in [0.15, 0.2) is 0 Å². The fourth-order valence-electron chi connectivity index (χ4n) is 1.62. The highest BCUT2D eigenvalue weighted by atomic mass is 32.2. The molecule has 0 aromatic carbocycles. The summed E-state index contributed by atoms with van der Waals surface area (Å²) in [5.41, 5.74) is 0. The van der Waals surface area contributed by atoms with Gasteiger partial charge in [-0.2, -0.15) is 5.21 Å². The van der Waals surface area contributed by atoms with Crippen molar-refractivity contribution in [2.75, 3.05) is 37.8 Å². The summed E-state index contributed by atoms with van der Waals surface area (Å²) in [5, 5.41) is 15.8. The number of ether oxygens (including phenoxy) is 1. The van der Waals surface area contributed by atoms with Crippen LogP contribution in [0.5, 0.6) is 0 Å². The monoisotopic (exact) mass is 300 g/mol. The summed E-state index contributed by atoms with van der Waals surface area (Å²) >= 11 is 1.29. The van der Waals surface area contributed by atoms with Gasteiger partial charge in [0.25, 0.3) is 0 Å². The zero-order valence-corrected chi connectivity index (χ0v) is 11.7. The van der Waals surface area contributed by atoms with Crippen LogP contribution in [0.25, 0.3) is 0 Å². The van der Waals surface area contributed by atoms with Crippen molar-refractivity contribution in [2.24, 2.45) is 0 Å². The second kappa shape index (κ2) is 7.80. The molecule has 2 amide bonds. The Hall–Kier alpha value is -1.68. The van der Waals surface area contributed by atoms with Crippen molar-refractivity contribution in [3.63, 3.8) is 0 Å². The molecular weight excluding hydrogens is 284 g/mol. The number of nitrogens with one attached hydrogen (secondary N) is 2. The van der Waals surface area contributed by atoms with Crippen LogP contribution in [0.2, 0.25) is 0 Å². The van der Waals surface area contributed by atoms with E-state index in [1.165, 1.54) is 11.8 Å². The number of hydrogen-bond donors (Lipinski definition) is 2. The first-order valence-corrected chi connectivity index (χ1v) is 7.33. The Morgan fingerprint density at radius 1 is 1.35 bits per heavy atom. The van der Waals surface area contributed by atoms with Crippen LogP contribution >= 0.6 is 11.8 Å². The smallest absolute Gasteiger partial charge is 0.232 e. The van der Waals surface area contributed by atoms with Gasteiger partial charge >= 0.3 is 0 Å². The predicted molar refractivity (Wildman–Crippen MR) is 70.7 cm³/mol. The molecule has 0 spiro atoms. The molecule has 0 unspecified atom stereocenters. The van der Waals surface area contributed by atoms with Gasteiger partial charge in [0.05, 0.1) is 31.3 Å². The van der Waals surface area contributed by atoms with E-state index in [0.29, 0.717) is 37.9 Å². The maximum atomic E-state index is 11.8. The molecule has 1 aliphatic rings. The fraction of sp³-hybridized carbons (Fsp3) is 0.700. The molecule has 2 heterocycles. The zero-order chi connectivity index (χ0) is 14.2. The first kappa shape index (κ1) is 14.7. The van der Waals surface area contributed by atoms with Crippen molar-refractivity contribution in [3.05, 3.63) is 5.82 Å². The number of tetrazole rings is 1. The molecule has 2 rings (SSSR count). The van der Waals surface area contributed by atoms with Gasteiger partial charge in [0.1, 0.15) is 0 Å². The number of carbonyl (C=O) groups is 2. The lowest BCUT2D eigenvalue weighted by Crippen LogP contribution is -2.41. The van der Waals surface area contributed by atoms with Gasteiger partial charge in [0, 0.05) is 13.1 Å². The van der Waals surface area contributed by atoms with E-state index in [4.69, 9.17) is 4.74 Å². The Morgan fingerprint density at radius 2 is 2.15 bits per heavy atom. The van der Waals surface area contributed by atoms with Gasteiger partial charge in [-0.05, 0) is 0 Å². The summed E-state index contributed by atoms with van der Waals surface area (Å²) < 4.78 is 5.18. The Labute approximate surface area is 119 Å². The minimum Gasteiger partial charge on any atom is -0.378 e. The number of nitrogens with zero attached hydrogens (tertiary/aromatic N) is 4. The first-order valence-electron chi connectivity index (χ1n) is 6.18. The van der Waals surface area contributed by atoms with E-state index < -0.39 is 0 Å². The number of aromatic amines is 1. The number of hydrogen-bond acceptors (Lipinski definition) is 7. The highest BCUT2D eigenvalue weighted by Crippen LogP contribution is 2.05. The molecule has 1 fully saturated rings. The summed E-state index contributed by atoms with van der Waals surface area (Å²) in [4.78, 5) is 25.1. The maximum absolute atomic E-state index is 11.8. The third-order valence-electron chi connectivity index (χ3n) is 2.66. The van der Waals surface area contributed by atoms with Crippen LogP contribution in [-0.4, -0.2) is 75.1 Å². The van der Waals surface area contributed by atoms with Gasteiger partial charge in [-0.3, -0.25) is 9.59 Å². The summed E-state index contributed by atoms with van der Waals surface area (Å²) in [7, 11) is 0. The lowest BCUT2D eigenvalue weighted by Gasteiger charge is -2.26. The van der Waals surface area contributed by atoms with Gasteiger partial charge in [0.2, 0.25) is 11.8 Å². The van der Waals surface area contributed by atoms with Crippen molar-refractivity contribution in [3.8, 4) is 0 Å². The maximum Gasteiger partial charge on any atom is 0.232 e. The first-order chi connectivity index (χ1) is 9.75. The second-order valence-corrected chi connectivity index (χ2v) is 5.08. The number of H-pyrrole nitrogens is 1. The molecule has 0 saturated carbocycles. The molecule has 20 heavy (non-hydrogen) atoms. The van der Waals surface area contributed by atoms with Crippen molar-refractivity contribution in [1.82, 2.24) is 30.8 Å². The molecular formula is C10H16N6O3S. The predicted octanol–water partition coefficient (Wildman–Crippen LogP) is -1.59. The summed E-state index contributed by atoms with van der Waals surface area (Å²) in [5.74, 6) is 0.843. The molecule has 0 bridgehead atoms. The lowest BCUT2D eigenvalue weighted by atomic mass is 10.4. The molecule has 0 radical (unpaired) electrons. The Balaban J connectivity index is 1.57. The highest BCUT2D eigenvalue weighted by Gasteiger charge is 2.16. The van der Waals surface area contributed by atoms with Gasteiger partial charge < -0.3 is 15.0 Å². The average molecular weight is 300 g/mol. The van der Waals surface area contributed by atoms with Gasteiger partial charge in [-0.15, -0.1) is 22.0 Å². The van der Waals surface area contributed by atoms with Gasteiger partial charge in [-0.25, -0.2) is 0 Å². The molecule has 110 valence electrons. The van der Waals surface area contributed by atoms with E-state index in [2.05, 4.69) is 25.9 Å². The summed E-state index contributed by atoms with van der Waals surface area (Å²) in [6.07, 6.45) is 0. The minimum absolute atomic E-state index is 0.0456. The molecule has 9 nitrogen and oxygen atoms in total. The number of rotatable bonds is 6. The number of amides is 2. The SMILES string of the molecule is O=C(CSCC(=O)N1CCOCC1)NCc1nn[nH]n1. The molecule has 1 aromatic rings. The zero-order valence-electron chi connectivity index (χ0n) is 10.9. The number of thioether (sulfide) groups is 1. The van der Waals surface area contributed by atoms with E-state index in [9.17, 15) is 9.59 Å². The third kappa shape index (κ3) is 4.78. The molecule has 1 saturated heterocycles. The van der Waals surface area contributed by atoms with Crippen LogP contribution in [0.4, 0.5) is 0 Å². The number of aromatic nitrogens is 4.